The Morgan fingerprint density at radius 3 is 2.68 bits per heavy atom. The molecule has 0 aliphatic carbocycles. The third-order valence-corrected chi connectivity index (χ3v) is 5.50. The third kappa shape index (κ3) is 4.27. The fourth-order valence-electron chi connectivity index (χ4n) is 2.62. The molecule has 0 aliphatic rings. The van der Waals surface area contributed by atoms with E-state index in [0.717, 1.165) is 28.8 Å². The zero-order chi connectivity index (χ0) is 17.8. The molecule has 0 atom stereocenters. The maximum absolute atomic E-state index is 6.04. The lowest BCUT2D eigenvalue weighted by atomic mass is 10.2. The van der Waals surface area contributed by atoms with Crippen LogP contribution in [0.2, 0.25) is 4.34 Å². The summed E-state index contributed by atoms with van der Waals surface area (Å²) in [7, 11) is 1.95. The molecule has 0 N–H and O–H groups in total. The summed E-state index contributed by atoms with van der Waals surface area (Å²) in [5.41, 5.74) is 1.05. The molecule has 7 heteroatoms. The minimum atomic E-state index is 0.598. The van der Waals surface area contributed by atoms with Gasteiger partial charge in [-0.25, -0.2) is 4.68 Å². The van der Waals surface area contributed by atoms with E-state index in [4.69, 9.17) is 28.9 Å². The van der Waals surface area contributed by atoms with Crippen LogP contribution in [0.3, 0.4) is 0 Å². The lowest BCUT2D eigenvalue weighted by Gasteiger charge is -2.19. The molecule has 1 aromatic carbocycles. The van der Waals surface area contributed by atoms with Crippen molar-refractivity contribution in [3.05, 3.63) is 69.1 Å². The van der Waals surface area contributed by atoms with Crippen LogP contribution in [0, 0.1) is 4.77 Å². The Labute approximate surface area is 161 Å². The van der Waals surface area contributed by atoms with Gasteiger partial charge in [-0.3, -0.25) is 4.90 Å². The molecule has 25 heavy (non-hydrogen) atoms. The van der Waals surface area contributed by atoms with Gasteiger partial charge in [0.25, 0.3) is 0 Å². The van der Waals surface area contributed by atoms with Gasteiger partial charge in [-0.15, -0.1) is 17.9 Å². The summed E-state index contributed by atoms with van der Waals surface area (Å²) in [6, 6.07) is 14.0. The number of hydrogen-bond donors (Lipinski definition) is 0. The number of aromatic nitrogens is 3. The van der Waals surface area contributed by atoms with Crippen molar-refractivity contribution in [1.82, 2.24) is 19.2 Å². The van der Waals surface area contributed by atoms with Gasteiger partial charge in [-0.2, -0.15) is 5.10 Å². The summed E-state index contributed by atoms with van der Waals surface area (Å²) in [4.78, 5) is 3.43. The molecule has 4 nitrogen and oxygen atoms in total. The molecule has 0 amide bonds. The Hall–Kier alpha value is -1.73. The van der Waals surface area contributed by atoms with Crippen LogP contribution in [0.25, 0.3) is 11.4 Å². The predicted molar refractivity (Wildman–Crippen MR) is 107 cm³/mol. The molecule has 0 saturated carbocycles. The van der Waals surface area contributed by atoms with Crippen molar-refractivity contribution >= 4 is 35.2 Å². The predicted octanol–water partition coefficient (Wildman–Crippen LogP) is 4.98. The smallest absolute Gasteiger partial charge is 0.199 e. The van der Waals surface area contributed by atoms with Crippen molar-refractivity contribution in [2.75, 3.05) is 6.54 Å². The van der Waals surface area contributed by atoms with E-state index in [-0.39, 0.29) is 0 Å². The van der Waals surface area contributed by atoms with Crippen LogP contribution in [0.1, 0.15) is 4.88 Å². The summed E-state index contributed by atoms with van der Waals surface area (Å²) >= 11 is 13.2. The normalized spacial score (nSPS) is 11.2. The highest BCUT2D eigenvalue weighted by atomic mass is 35.5. The summed E-state index contributed by atoms with van der Waals surface area (Å²) < 4.78 is 5.29. The fourth-order valence-corrected chi connectivity index (χ4v) is 3.94. The Morgan fingerprint density at radius 1 is 1.28 bits per heavy atom. The first-order valence-corrected chi connectivity index (χ1v) is 9.45. The summed E-state index contributed by atoms with van der Waals surface area (Å²) in [6.45, 7) is 5.98. The van der Waals surface area contributed by atoms with Crippen molar-refractivity contribution < 1.29 is 0 Å². The molecule has 3 aromatic rings. The second-order valence-electron chi connectivity index (χ2n) is 5.68. The molecule has 0 bridgehead atoms. The number of thiophene rings is 1. The Bertz CT molecular complexity index is 911. The zero-order valence-electron chi connectivity index (χ0n) is 13.9. The highest BCUT2D eigenvalue weighted by Gasteiger charge is 2.13. The van der Waals surface area contributed by atoms with Crippen LogP contribution < -0.4 is 0 Å². The number of nitrogens with zero attached hydrogens (tertiary/aromatic N) is 4. The fraction of sp³-hybridized carbons (Fsp3) is 0.222. The zero-order valence-corrected chi connectivity index (χ0v) is 16.3. The van der Waals surface area contributed by atoms with E-state index < -0.39 is 0 Å². The van der Waals surface area contributed by atoms with Gasteiger partial charge in [0.1, 0.15) is 0 Å². The first-order chi connectivity index (χ1) is 12.1. The van der Waals surface area contributed by atoms with Crippen LogP contribution >= 0.6 is 35.2 Å². The standard InChI is InChI=1S/C18H19ClN4S2/c1-3-11-22(12-15-9-10-16(19)25-15)13-23-18(24)21(2)17(20-23)14-7-5-4-6-8-14/h3-10H,1,11-13H2,2H3. The van der Waals surface area contributed by atoms with Crippen LogP contribution in [0.5, 0.6) is 0 Å². The van der Waals surface area contributed by atoms with Gasteiger partial charge in [-0.05, 0) is 24.4 Å². The van der Waals surface area contributed by atoms with Gasteiger partial charge < -0.3 is 4.57 Å². The maximum Gasteiger partial charge on any atom is 0.199 e. The molecule has 0 aliphatic heterocycles. The van der Waals surface area contributed by atoms with Gasteiger partial charge >= 0.3 is 0 Å². The van der Waals surface area contributed by atoms with Gasteiger partial charge in [-0.1, -0.05) is 48.0 Å². The molecule has 3 rings (SSSR count). The average Bonchev–Trinajstić information content (AvgIpc) is 3.14. The van der Waals surface area contributed by atoms with Crippen LogP contribution in [0.15, 0.2) is 55.1 Å². The SMILES string of the molecule is C=CCN(Cc1ccc(Cl)s1)Cn1nc(-c2ccccc2)n(C)c1=S. The van der Waals surface area contributed by atoms with Gasteiger partial charge in [0.15, 0.2) is 10.6 Å². The van der Waals surface area contributed by atoms with Crippen molar-refractivity contribution in [3.8, 4) is 11.4 Å². The van der Waals surface area contributed by atoms with Gasteiger partial charge in [0, 0.05) is 30.6 Å². The number of halogens is 1. The number of rotatable bonds is 7. The Balaban J connectivity index is 1.85. The Morgan fingerprint density at radius 2 is 2.04 bits per heavy atom. The van der Waals surface area contributed by atoms with Crippen molar-refractivity contribution in [2.24, 2.45) is 7.05 Å². The van der Waals surface area contributed by atoms with E-state index >= 15 is 0 Å². The first-order valence-electron chi connectivity index (χ1n) is 7.85. The molecule has 0 unspecified atom stereocenters. The Kier molecular flexibility index (Phi) is 5.86. The molecule has 0 saturated heterocycles. The van der Waals surface area contributed by atoms with Crippen molar-refractivity contribution in [1.29, 1.82) is 0 Å². The van der Waals surface area contributed by atoms with Gasteiger partial charge in [0.2, 0.25) is 0 Å². The van der Waals surface area contributed by atoms with Gasteiger partial charge in [0.05, 0.1) is 11.0 Å². The second-order valence-corrected chi connectivity index (χ2v) is 7.84. The largest absolute Gasteiger partial charge is 0.303 e. The van der Waals surface area contributed by atoms with E-state index in [2.05, 4.69) is 17.5 Å². The topological polar surface area (TPSA) is 26.0 Å². The first kappa shape index (κ1) is 18.1. The van der Waals surface area contributed by atoms with Crippen LogP contribution in [-0.4, -0.2) is 25.8 Å². The van der Waals surface area contributed by atoms with E-state index in [1.165, 1.54) is 4.88 Å². The second kappa shape index (κ2) is 8.10. The number of benzene rings is 1. The average molecular weight is 391 g/mol. The van der Waals surface area contributed by atoms with E-state index in [1.807, 2.05) is 58.8 Å². The molecule has 0 radical (unpaired) electrons. The molecule has 0 spiro atoms. The quantitative estimate of drug-likeness (QED) is 0.420. The summed E-state index contributed by atoms with van der Waals surface area (Å²) in [6.07, 6.45) is 1.89. The highest BCUT2D eigenvalue weighted by Crippen LogP contribution is 2.23. The molecule has 2 aromatic heterocycles. The van der Waals surface area contributed by atoms with Crippen LogP contribution in [0.4, 0.5) is 0 Å². The molecule has 130 valence electrons. The van der Waals surface area contributed by atoms with Crippen molar-refractivity contribution in [2.45, 2.75) is 13.2 Å². The molecule has 0 fully saturated rings. The molecule has 2 heterocycles. The van der Waals surface area contributed by atoms with E-state index in [9.17, 15) is 0 Å². The molecular formula is C18H19ClN4S2. The summed E-state index contributed by atoms with van der Waals surface area (Å²) in [5, 5.41) is 4.73. The monoisotopic (exact) mass is 390 g/mol. The highest BCUT2D eigenvalue weighted by molar-refractivity contribution is 7.71. The minimum Gasteiger partial charge on any atom is -0.303 e. The maximum atomic E-state index is 6.04. The van der Waals surface area contributed by atoms with E-state index in [1.54, 1.807) is 11.3 Å². The summed E-state index contributed by atoms with van der Waals surface area (Å²) in [5.74, 6) is 0.864. The van der Waals surface area contributed by atoms with E-state index in [0.29, 0.717) is 11.4 Å². The number of hydrogen-bond acceptors (Lipinski definition) is 4. The minimum absolute atomic E-state index is 0.598. The van der Waals surface area contributed by atoms with Crippen molar-refractivity contribution in [3.63, 3.8) is 0 Å². The van der Waals surface area contributed by atoms with Crippen LogP contribution in [-0.2, 0) is 20.3 Å². The lowest BCUT2D eigenvalue weighted by molar-refractivity contribution is 0.220. The lowest BCUT2D eigenvalue weighted by Crippen LogP contribution is -2.26. The molecular weight excluding hydrogens is 372 g/mol. The third-order valence-electron chi connectivity index (χ3n) is 3.80.